The molecule has 1 fully saturated rings. The Morgan fingerprint density at radius 3 is 2.56 bits per heavy atom. The molecule has 2 aromatic rings. The highest BCUT2D eigenvalue weighted by Gasteiger charge is 2.18. The lowest BCUT2D eigenvalue weighted by Crippen LogP contribution is -2.41. The summed E-state index contributed by atoms with van der Waals surface area (Å²) in [6, 6.07) is 11.9. The van der Waals surface area contributed by atoms with Gasteiger partial charge < -0.3 is 15.5 Å². The number of nitrogens with one attached hydrogen (secondary N) is 2. The van der Waals surface area contributed by atoms with Crippen LogP contribution in [0.4, 0.5) is 15.8 Å². The van der Waals surface area contributed by atoms with Gasteiger partial charge in [-0.15, -0.1) is 24.8 Å². The second kappa shape index (κ2) is 10.7. The molecular formula is C19H23Cl3FN3O. The van der Waals surface area contributed by atoms with E-state index < -0.39 is 5.82 Å². The van der Waals surface area contributed by atoms with Gasteiger partial charge in [0.25, 0.3) is 5.91 Å². The van der Waals surface area contributed by atoms with Gasteiger partial charge in [-0.3, -0.25) is 4.79 Å². The highest BCUT2D eigenvalue weighted by molar-refractivity contribution is 6.34. The molecule has 8 heteroatoms. The summed E-state index contributed by atoms with van der Waals surface area (Å²) in [5.41, 5.74) is 1.98. The molecule has 2 aromatic carbocycles. The smallest absolute Gasteiger partial charge is 0.257 e. The quantitative estimate of drug-likeness (QED) is 0.729. The van der Waals surface area contributed by atoms with Gasteiger partial charge in [-0.25, -0.2) is 4.39 Å². The van der Waals surface area contributed by atoms with Crippen molar-refractivity contribution < 1.29 is 9.18 Å². The van der Waals surface area contributed by atoms with Crippen LogP contribution in [0, 0.1) is 5.82 Å². The first-order chi connectivity index (χ1) is 12.0. The van der Waals surface area contributed by atoms with Crippen LogP contribution < -0.4 is 15.5 Å². The molecule has 0 radical (unpaired) electrons. The van der Waals surface area contributed by atoms with Crippen molar-refractivity contribution in [3.8, 4) is 0 Å². The largest absolute Gasteiger partial charge is 0.371 e. The van der Waals surface area contributed by atoms with E-state index in [4.69, 9.17) is 11.6 Å². The van der Waals surface area contributed by atoms with E-state index in [-0.39, 0.29) is 41.3 Å². The highest BCUT2D eigenvalue weighted by atomic mass is 35.5. The monoisotopic (exact) mass is 433 g/mol. The van der Waals surface area contributed by atoms with Crippen LogP contribution in [-0.2, 0) is 0 Å². The van der Waals surface area contributed by atoms with E-state index in [0.29, 0.717) is 11.7 Å². The van der Waals surface area contributed by atoms with Gasteiger partial charge >= 0.3 is 0 Å². The van der Waals surface area contributed by atoms with Gasteiger partial charge in [-0.05, 0) is 62.3 Å². The number of halogens is 4. The SMILES string of the molecule is CN(c1cccc(NC(=O)c2ccc(F)cc2Cl)c1)C1CCNCC1.Cl.Cl. The second-order valence-corrected chi connectivity index (χ2v) is 6.63. The Morgan fingerprint density at radius 2 is 1.89 bits per heavy atom. The predicted octanol–water partition coefficient (Wildman–Crippen LogP) is 4.76. The zero-order chi connectivity index (χ0) is 17.8. The Hall–Kier alpha value is -1.53. The molecule has 1 saturated heterocycles. The van der Waals surface area contributed by atoms with Crippen LogP contribution >= 0.6 is 36.4 Å². The van der Waals surface area contributed by atoms with Crippen LogP contribution in [-0.4, -0.2) is 32.1 Å². The minimum absolute atomic E-state index is 0. The molecule has 0 spiro atoms. The zero-order valence-electron chi connectivity index (χ0n) is 14.9. The molecule has 148 valence electrons. The lowest BCUT2D eigenvalue weighted by atomic mass is 10.0. The average Bonchev–Trinajstić information content (AvgIpc) is 2.62. The number of hydrogen-bond donors (Lipinski definition) is 2. The molecule has 0 unspecified atom stereocenters. The fourth-order valence-electron chi connectivity index (χ4n) is 3.08. The molecule has 4 nitrogen and oxygen atoms in total. The third kappa shape index (κ3) is 5.98. The second-order valence-electron chi connectivity index (χ2n) is 6.22. The molecule has 1 amide bonds. The third-order valence-corrected chi connectivity index (χ3v) is 4.86. The summed E-state index contributed by atoms with van der Waals surface area (Å²) in [5.74, 6) is -0.821. The van der Waals surface area contributed by atoms with Crippen LogP contribution in [0.1, 0.15) is 23.2 Å². The van der Waals surface area contributed by atoms with Crippen LogP contribution in [0.15, 0.2) is 42.5 Å². The summed E-state index contributed by atoms with van der Waals surface area (Å²) in [5, 5.41) is 6.29. The van der Waals surface area contributed by atoms with Crippen molar-refractivity contribution in [2.24, 2.45) is 0 Å². The minimum Gasteiger partial charge on any atom is -0.371 e. The van der Waals surface area contributed by atoms with Gasteiger partial charge in [-0.1, -0.05) is 17.7 Å². The molecule has 0 atom stereocenters. The lowest BCUT2D eigenvalue weighted by molar-refractivity contribution is 0.102. The summed E-state index contributed by atoms with van der Waals surface area (Å²) in [6.45, 7) is 2.04. The number of nitrogens with zero attached hydrogens (tertiary/aromatic N) is 1. The van der Waals surface area contributed by atoms with Crippen molar-refractivity contribution in [3.05, 3.63) is 58.9 Å². The number of rotatable bonds is 4. The van der Waals surface area contributed by atoms with Crippen molar-refractivity contribution in [1.82, 2.24) is 5.32 Å². The molecule has 0 bridgehead atoms. The maximum Gasteiger partial charge on any atom is 0.257 e. The first-order valence-electron chi connectivity index (χ1n) is 8.34. The summed E-state index contributed by atoms with van der Waals surface area (Å²) in [7, 11) is 2.08. The first-order valence-corrected chi connectivity index (χ1v) is 8.72. The summed E-state index contributed by atoms with van der Waals surface area (Å²) < 4.78 is 13.1. The third-order valence-electron chi connectivity index (χ3n) is 4.54. The number of carbonyl (C=O) groups is 1. The van der Waals surface area contributed by atoms with Gasteiger partial charge in [0.2, 0.25) is 0 Å². The van der Waals surface area contributed by atoms with Crippen LogP contribution in [0.5, 0.6) is 0 Å². The topological polar surface area (TPSA) is 44.4 Å². The summed E-state index contributed by atoms with van der Waals surface area (Å²) >= 11 is 5.96. The van der Waals surface area contributed by atoms with Crippen LogP contribution in [0.2, 0.25) is 5.02 Å². The van der Waals surface area contributed by atoms with Crippen molar-refractivity contribution in [3.63, 3.8) is 0 Å². The maximum absolute atomic E-state index is 13.1. The predicted molar refractivity (Wildman–Crippen MR) is 115 cm³/mol. The first kappa shape index (κ1) is 23.5. The lowest BCUT2D eigenvalue weighted by Gasteiger charge is -2.33. The molecule has 0 saturated carbocycles. The summed E-state index contributed by atoms with van der Waals surface area (Å²) in [6.07, 6.45) is 2.19. The fraction of sp³-hybridized carbons (Fsp3) is 0.316. The van der Waals surface area contributed by atoms with Crippen molar-refractivity contribution >= 4 is 53.7 Å². The van der Waals surface area contributed by atoms with Crippen molar-refractivity contribution in [1.29, 1.82) is 0 Å². The van der Waals surface area contributed by atoms with E-state index in [9.17, 15) is 9.18 Å². The number of piperidine rings is 1. The molecule has 3 rings (SSSR count). The number of carbonyl (C=O) groups excluding carboxylic acids is 1. The minimum atomic E-state index is -0.466. The number of amides is 1. The van der Waals surface area contributed by atoms with Gasteiger partial charge in [0.15, 0.2) is 0 Å². The zero-order valence-corrected chi connectivity index (χ0v) is 17.3. The average molecular weight is 435 g/mol. The van der Waals surface area contributed by atoms with Gasteiger partial charge in [0.05, 0.1) is 10.6 Å². The normalized spacial score (nSPS) is 13.9. The molecule has 0 aromatic heterocycles. The van der Waals surface area contributed by atoms with E-state index in [2.05, 4.69) is 22.6 Å². The fourth-order valence-corrected chi connectivity index (χ4v) is 3.33. The van der Waals surface area contributed by atoms with Crippen LogP contribution in [0.25, 0.3) is 0 Å². The summed E-state index contributed by atoms with van der Waals surface area (Å²) in [4.78, 5) is 14.6. The van der Waals surface area contributed by atoms with E-state index >= 15 is 0 Å². The van der Waals surface area contributed by atoms with E-state index in [0.717, 1.165) is 37.7 Å². The Balaban J connectivity index is 0.00000182. The Labute approximate surface area is 176 Å². The van der Waals surface area contributed by atoms with Gasteiger partial charge in [-0.2, -0.15) is 0 Å². The number of hydrogen-bond acceptors (Lipinski definition) is 3. The van der Waals surface area contributed by atoms with E-state index in [1.807, 2.05) is 24.3 Å². The molecular weight excluding hydrogens is 412 g/mol. The molecule has 27 heavy (non-hydrogen) atoms. The Morgan fingerprint density at radius 1 is 1.19 bits per heavy atom. The van der Waals surface area contributed by atoms with E-state index in [1.165, 1.54) is 12.1 Å². The Kier molecular flexibility index (Phi) is 9.33. The maximum atomic E-state index is 13.1. The van der Waals surface area contributed by atoms with Crippen molar-refractivity contribution in [2.45, 2.75) is 18.9 Å². The highest BCUT2D eigenvalue weighted by Crippen LogP contribution is 2.24. The van der Waals surface area contributed by atoms with E-state index in [1.54, 1.807) is 0 Å². The molecule has 1 aliphatic heterocycles. The molecule has 0 aliphatic carbocycles. The standard InChI is InChI=1S/C19H21ClFN3O.2ClH/c1-24(15-7-9-22-10-8-15)16-4-2-3-14(12-16)23-19(25)17-6-5-13(21)11-18(17)20;;/h2-6,11-12,15,22H,7-10H2,1H3,(H,23,25);2*1H. The number of benzene rings is 2. The molecule has 1 heterocycles. The molecule has 2 N–H and O–H groups in total. The van der Waals surface area contributed by atoms with Gasteiger partial charge in [0.1, 0.15) is 5.82 Å². The van der Waals surface area contributed by atoms with Gasteiger partial charge in [0, 0.05) is 24.5 Å². The van der Waals surface area contributed by atoms with Crippen molar-refractivity contribution in [2.75, 3.05) is 30.4 Å². The number of anilines is 2. The Bertz CT molecular complexity index is 770. The molecule has 1 aliphatic rings. The van der Waals surface area contributed by atoms with Crippen LogP contribution in [0.3, 0.4) is 0 Å².